The molecule has 34 heavy (non-hydrogen) atoms. The first kappa shape index (κ1) is 19.9. The molecule has 4 aromatic carbocycles. The number of benzene rings is 4. The van der Waals surface area contributed by atoms with E-state index in [9.17, 15) is 0 Å². The second kappa shape index (κ2) is 8.67. The number of tetrazole rings is 1. The minimum absolute atomic E-state index is 0.295. The van der Waals surface area contributed by atoms with Gasteiger partial charge in [-0.3, -0.25) is 0 Å². The molecule has 0 fully saturated rings. The Morgan fingerprint density at radius 1 is 0.676 bits per heavy atom. The van der Waals surface area contributed by atoms with Crippen molar-refractivity contribution in [3.8, 4) is 34.0 Å². The van der Waals surface area contributed by atoms with Crippen LogP contribution in [0.4, 0.5) is 0 Å². The minimum atomic E-state index is 0.295. The van der Waals surface area contributed by atoms with E-state index in [1.807, 2.05) is 24.3 Å². The molecule has 6 rings (SSSR count). The SMILES string of the molecule is c1ccc(-c2ccc(-c3ccc4cc(OCc5nnn[nH]5)ccc4c3)n2-c2ccccc2)cc1. The molecule has 0 spiro atoms. The number of fused-ring (bicyclic) bond motifs is 1. The maximum Gasteiger partial charge on any atom is 0.186 e. The lowest BCUT2D eigenvalue weighted by atomic mass is 10.0. The second-order valence-corrected chi connectivity index (χ2v) is 8.00. The summed E-state index contributed by atoms with van der Waals surface area (Å²) in [7, 11) is 0. The van der Waals surface area contributed by atoms with Crippen LogP contribution in [-0.2, 0) is 6.61 Å². The van der Waals surface area contributed by atoms with E-state index in [2.05, 4.69) is 110 Å². The highest BCUT2D eigenvalue weighted by molar-refractivity contribution is 5.88. The Morgan fingerprint density at radius 3 is 2.15 bits per heavy atom. The van der Waals surface area contributed by atoms with Gasteiger partial charge < -0.3 is 9.30 Å². The highest BCUT2D eigenvalue weighted by Gasteiger charge is 2.14. The Balaban J connectivity index is 1.39. The molecular weight excluding hydrogens is 422 g/mol. The number of aromatic nitrogens is 5. The predicted octanol–water partition coefficient (Wildman–Crippen LogP) is 6.06. The van der Waals surface area contributed by atoms with Crippen LogP contribution in [0.2, 0.25) is 0 Å². The summed E-state index contributed by atoms with van der Waals surface area (Å²) in [6, 6.07) is 38.0. The monoisotopic (exact) mass is 443 g/mol. The maximum absolute atomic E-state index is 5.82. The van der Waals surface area contributed by atoms with Gasteiger partial charge in [-0.25, -0.2) is 5.10 Å². The van der Waals surface area contributed by atoms with Gasteiger partial charge in [0.2, 0.25) is 0 Å². The second-order valence-electron chi connectivity index (χ2n) is 8.00. The van der Waals surface area contributed by atoms with E-state index in [1.165, 1.54) is 5.56 Å². The third kappa shape index (κ3) is 3.82. The summed E-state index contributed by atoms with van der Waals surface area (Å²) >= 11 is 0. The fraction of sp³-hybridized carbons (Fsp3) is 0.0357. The summed E-state index contributed by atoms with van der Waals surface area (Å²) in [5.74, 6) is 1.36. The van der Waals surface area contributed by atoms with Gasteiger partial charge in [0, 0.05) is 5.69 Å². The van der Waals surface area contributed by atoms with E-state index in [0.717, 1.165) is 39.2 Å². The summed E-state index contributed by atoms with van der Waals surface area (Å²) in [6.45, 7) is 0.295. The number of nitrogens with zero attached hydrogens (tertiary/aromatic N) is 4. The lowest BCUT2D eigenvalue weighted by Gasteiger charge is -2.15. The van der Waals surface area contributed by atoms with Crippen molar-refractivity contribution in [3.63, 3.8) is 0 Å². The Hall–Kier alpha value is -4.71. The van der Waals surface area contributed by atoms with Crippen LogP contribution in [0.5, 0.6) is 5.75 Å². The first-order chi connectivity index (χ1) is 16.8. The van der Waals surface area contributed by atoms with Gasteiger partial charge in [-0.05, 0) is 74.8 Å². The normalized spacial score (nSPS) is 11.1. The van der Waals surface area contributed by atoms with Crippen LogP contribution in [0.25, 0.3) is 39.0 Å². The van der Waals surface area contributed by atoms with Gasteiger partial charge in [0.1, 0.15) is 12.4 Å². The summed E-state index contributed by atoms with van der Waals surface area (Å²) in [4.78, 5) is 0. The lowest BCUT2D eigenvalue weighted by molar-refractivity contribution is 0.296. The number of nitrogens with one attached hydrogen (secondary N) is 1. The van der Waals surface area contributed by atoms with E-state index in [0.29, 0.717) is 12.4 Å². The van der Waals surface area contributed by atoms with Gasteiger partial charge in [-0.2, -0.15) is 0 Å². The molecule has 0 atom stereocenters. The van der Waals surface area contributed by atoms with Crippen LogP contribution in [0.1, 0.15) is 5.82 Å². The fourth-order valence-electron chi connectivity index (χ4n) is 4.22. The largest absolute Gasteiger partial charge is 0.486 e. The van der Waals surface area contributed by atoms with Crippen molar-refractivity contribution < 1.29 is 4.74 Å². The van der Waals surface area contributed by atoms with Gasteiger partial charge in [-0.15, -0.1) is 5.10 Å². The number of hydrogen-bond donors (Lipinski definition) is 1. The Kier molecular flexibility index (Phi) is 5.09. The van der Waals surface area contributed by atoms with Crippen LogP contribution in [-0.4, -0.2) is 25.2 Å². The summed E-state index contributed by atoms with van der Waals surface area (Å²) in [5.41, 5.74) is 5.77. The summed E-state index contributed by atoms with van der Waals surface area (Å²) in [5, 5.41) is 16.0. The molecule has 1 N–H and O–H groups in total. The zero-order valence-electron chi connectivity index (χ0n) is 18.3. The molecule has 6 nitrogen and oxygen atoms in total. The van der Waals surface area contributed by atoms with Gasteiger partial charge in [-0.1, -0.05) is 66.7 Å². The Bertz CT molecular complexity index is 1540. The van der Waals surface area contributed by atoms with E-state index >= 15 is 0 Å². The van der Waals surface area contributed by atoms with Crippen LogP contribution < -0.4 is 4.74 Å². The zero-order valence-corrected chi connectivity index (χ0v) is 18.3. The molecular formula is C28H21N5O. The van der Waals surface area contributed by atoms with Gasteiger partial charge in [0.25, 0.3) is 0 Å². The molecule has 0 amide bonds. The van der Waals surface area contributed by atoms with Gasteiger partial charge >= 0.3 is 0 Å². The minimum Gasteiger partial charge on any atom is -0.486 e. The number of para-hydroxylation sites is 1. The van der Waals surface area contributed by atoms with Gasteiger partial charge in [0.05, 0.1) is 11.4 Å². The van der Waals surface area contributed by atoms with Crippen LogP contribution in [0.15, 0.2) is 109 Å². The quantitative estimate of drug-likeness (QED) is 0.340. The summed E-state index contributed by atoms with van der Waals surface area (Å²) in [6.07, 6.45) is 0. The van der Waals surface area contributed by atoms with Crippen LogP contribution in [0.3, 0.4) is 0 Å². The number of hydrogen-bond acceptors (Lipinski definition) is 4. The highest BCUT2D eigenvalue weighted by atomic mass is 16.5. The molecule has 164 valence electrons. The van der Waals surface area contributed by atoms with Crippen LogP contribution >= 0.6 is 0 Å². The van der Waals surface area contributed by atoms with E-state index in [4.69, 9.17) is 4.74 Å². The Labute approximate surface area is 196 Å². The van der Waals surface area contributed by atoms with E-state index in [1.54, 1.807) is 0 Å². The molecule has 0 saturated carbocycles. The first-order valence-corrected chi connectivity index (χ1v) is 11.1. The standard InChI is InChI=1S/C28H21N5O/c1-3-7-20(8-4-1)26-15-16-27(33(26)24-9-5-2-6-10-24)23-12-11-22-18-25(14-13-21(22)17-23)34-19-28-29-31-32-30-28/h1-18H,19H2,(H,29,30,31,32). The van der Waals surface area contributed by atoms with Crippen molar-refractivity contribution in [1.82, 2.24) is 25.2 Å². The average Bonchev–Trinajstić information content (AvgIpc) is 3.58. The molecule has 0 aliphatic rings. The van der Waals surface area contributed by atoms with E-state index < -0.39 is 0 Å². The van der Waals surface area contributed by atoms with Crippen molar-refractivity contribution in [1.29, 1.82) is 0 Å². The van der Waals surface area contributed by atoms with Crippen molar-refractivity contribution >= 4 is 10.8 Å². The Morgan fingerprint density at radius 2 is 1.38 bits per heavy atom. The van der Waals surface area contributed by atoms with Crippen molar-refractivity contribution in [2.75, 3.05) is 0 Å². The predicted molar refractivity (Wildman–Crippen MR) is 133 cm³/mol. The molecule has 0 bridgehead atoms. The average molecular weight is 444 g/mol. The zero-order chi connectivity index (χ0) is 22.7. The fourth-order valence-corrected chi connectivity index (χ4v) is 4.22. The topological polar surface area (TPSA) is 68.6 Å². The molecule has 6 aromatic rings. The third-order valence-electron chi connectivity index (χ3n) is 5.84. The molecule has 0 unspecified atom stereocenters. The van der Waals surface area contributed by atoms with Crippen molar-refractivity contribution in [2.24, 2.45) is 0 Å². The first-order valence-electron chi connectivity index (χ1n) is 11.1. The number of ether oxygens (including phenoxy) is 1. The molecule has 0 radical (unpaired) electrons. The third-order valence-corrected chi connectivity index (χ3v) is 5.84. The maximum atomic E-state index is 5.82. The molecule has 2 aromatic heterocycles. The number of rotatable bonds is 6. The lowest BCUT2D eigenvalue weighted by Crippen LogP contribution is -1.99. The smallest absolute Gasteiger partial charge is 0.186 e. The molecule has 2 heterocycles. The van der Waals surface area contributed by atoms with Gasteiger partial charge in [0.15, 0.2) is 5.82 Å². The number of aromatic amines is 1. The van der Waals surface area contributed by atoms with Crippen molar-refractivity contribution in [3.05, 3.63) is 115 Å². The summed E-state index contributed by atoms with van der Waals surface area (Å²) < 4.78 is 8.14. The number of H-pyrrole nitrogens is 1. The highest BCUT2D eigenvalue weighted by Crippen LogP contribution is 2.34. The van der Waals surface area contributed by atoms with Crippen molar-refractivity contribution in [2.45, 2.75) is 6.61 Å². The molecule has 0 aliphatic carbocycles. The molecule has 6 heteroatoms. The van der Waals surface area contributed by atoms with Crippen LogP contribution in [0, 0.1) is 0 Å². The van der Waals surface area contributed by atoms with E-state index in [-0.39, 0.29) is 0 Å². The molecule has 0 aliphatic heterocycles. The molecule has 0 saturated heterocycles.